The molecule has 4 rings (SSSR count). The standard InChI is InChI=1S/C12H8N4O/c17-12-11-15-13-6-16(11)9-5-7-3-1-2-4-8(7)10(9)14-12/h1-4,6H,5H2,(H,14,17). The molecule has 17 heavy (non-hydrogen) atoms. The highest BCUT2D eigenvalue weighted by Crippen LogP contribution is 2.33. The van der Waals surface area contributed by atoms with Crippen molar-refractivity contribution in [2.45, 2.75) is 6.42 Å². The molecule has 0 fully saturated rings. The SMILES string of the molecule is O=c1[nH]c2c(n3cnnc13)Cc1ccccc1-2. The van der Waals surface area contributed by atoms with E-state index in [4.69, 9.17) is 0 Å². The maximum Gasteiger partial charge on any atom is 0.294 e. The van der Waals surface area contributed by atoms with Crippen LogP contribution in [0.5, 0.6) is 0 Å². The van der Waals surface area contributed by atoms with E-state index in [9.17, 15) is 4.79 Å². The van der Waals surface area contributed by atoms with Gasteiger partial charge in [-0.3, -0.25) is 9.20 Å². The Morgan fingerprint density at radius 2 is 2.18 bits per heavy atom. The second kappa shape index (κ2) is 2.82. The lowest BCUT2D eigenvalue weighted by Gasteiger charge is -2.01. The van der Waals surface area contributed by atoms with Crippen molar-refractivity contribution in [1.82, 2.24) is 19.6 Å². The average Bonchev–Trinajstić information content (AvgIpc) is 2.93. The van der Waals surface area contributed by atoms with E-state index < -0.39 is 0 Å². The Morgan fingerprint density at radius 3 is 3.12 bits per heavy atom. The number of hydrogen-bond acceptors (Lipinski definition) is 3. The van der Waals surface area contributed by atoms with Gasteiger partial charge in [-0.05, 0) is 5.56 Å². The molecule has 1 aliphatic carbocycles. The summed E-state index contributed by atoms with van der Waals surface area (Å²) in [5.74, 6) is 0. The third kappa shape index (κ3) is 1.00. The summed E-state index contributed by atoms with van der Waals surface area (Å²) in [6, 6.07) is 8.08. The molecule has 0 saturated heterocycles. The minimum Gasteiger partial charge on any atom is -0.317 e. The number of rotatable bonds is 0. The number of fused-ring (bicyclic) bond motifs is 5. The van der Waals surface area contributed by atoms with Gasteiger partial charge in [-0.25, -0.2) is 0 Å². The molecule has 0 unspecified atom stereocenters. The van der Waals surface area contributed by atoms with Crippen LogP contribution >= 0.6 is 0 Å². The van der Waals surface area contributed by atoms with Gasteiger partial charge in [0.25, 0.3) is 5.56 Å². The molecule has 0 amide bonds. The Hall–Kier alpha value is -2.43. The van der Waals surface area contributed by atoms with Crippen molar-refractivity contribution >= 4 is 5.65 Å². The van der Waals surface area contributed by atoms with Crippen LogP contribution in [0.15, 0.2) is 35.4 Å². The lowest BCUT2D eigenvalue weighted by molar-refractivity contribution is 0.998. The van der Waals surface area contributed by atoms with Crippen LogP contribution in [0.25, 0.3) is 16.9 Å². The molecule has 0 aliphatic heterocycles. The van der Waals surface area contributed by atoms with E-state index in [-0.39, 0.29) is 5.56 Å². The molecule has 0 saturated carbocycles. The highest BCUT2D eigenvalue weighted by molar-refractivity contribution is 5.73. The van der Waals surface area contributed by atoms with Crippen LogP contribution in [0.4, 0.5) is 0 Å². The molecule has 2 aromatic heterocycles. The third-order valence-electron chi connectivity index (χ3n) is 3.21. The summed E-state index contributed by atoms with van der Waals surface area (Å²) in [6.45, 7) is 0. The third-order valence-corrected chi connectivity index (χ3v) is 3.21. The van der Waals surface area contributed by atoms with E-state index in [1.165, 1.54) is 5.56 Å². The van der Waals surface area contributed by atoms with E-state index >= 15 is 0 Å². The van der Waals surface area contributed by atoms with Crippen LogP contribution in [0.1, 0.15) is 11.3 Å². The molecule has 0 atom stereocenters. The maximum absolute atomic E-state index is 11.8. The largest absolute Gasteiger partial charge is 0.317 e. The van der Waals surface area contributed by atoms with Gasteiger partial charge in [0.05, 0.1) is 11.4 Å². The Labute approximate surface area is 95.8 Å². The Kier molecular flexibility index (Phi) is 1.44. The topological polar surface area (TPSA) is 63.0 Å². The van der Waals surface area contributed by atoms with Crippen molar-refractivity contribution in [2.24, 2.45) is 0 Å². The molecule has 0 radical (unpaired) electrons. The zero-order valence-electron chi connectivity index (χ0n) is 8.84. The summed E-state index contributed by atoms with van der Waals surface area (Å²) in [4.78, 5) is 14.7. The molecule has 1 aromatic carbocycles. The lowest BCUT2D eigenvalue weighted by atomic mass is 10.1. The van der Waals surface area contributed by atoms with E-state index in [0.717, 1.165) is 23.4 Å². The first-order valence-corrected chi connectivity index (χ1v) is 5.38. The van der Waals surface area contributed by atoms with Crippen LogP contribution in [0.2, 0.25) is 0 Å². The molecule has 5 heteroatoms. The van der Waals surface area contributed by atoms with Crippen LogP contribution < -0.4 is 5.56 Å². The number of aromatic nitrogens is 4. The van der Waals surface area contributed by atoms with Crippen LogP contribution in [-0.4, -0.2) is 19.6 Å². The monoisotopic (exact) mass is 224 g/mol. The smallest absolute Gasteiger partial charge is 0.294 e. The van der Waals surface area contributed by atoms with Crippen molar-refractivity contribution in [3.8, 4) is 11.3 Å². The van der Waals surface area contributed by atoms with Gasteiger partial charge in [-0.1, -0.05) is 24.3 Å². The first-order chi connectivity index (χ1) is 8.34. The zero-order valence-corrected chi connectivity index (χ0v) is 8.84. The van der Waals surface area contributed by atoms with Gasteiger partial charge in [0.1, 0.15) is 6.33 Å². The van der Waals surface area contributed by atoms with Crippen molar-refractivity contribution in [3.05, 3.63) is 52.2 Å². The van der Waals surface area contributed by atoms with E-state index in [0.29, 0.717) is 5.65 Å². The molecule has 3 aromatic rings. The normalized spacial score (nSPS) is 12.7. The number of H-pyrrole nitrogens is 1. The fourth-order valence-electron chi connectivity index (χ4n) is 2.44. The summed E-state index contributed by atoms with van der Waals surface area (Å²) in [5, 5.41) is 7.62. The minimum absolute atomic E-state index is 0.196. The van der Waals surface area contributed by atoms with Crippen molar-refractivity contribution in [2.75, 3.05) is 0 Å². The van der Waals surface area contributed by atoms with Gasteiger partial charge in [0.15, 0.2) is 0 Å². The molecule has 1 aliphatic rings. The van der Waals surface area contributed by atoms with E-state index in [1.54, 1.807) is 10.7 Å². The highest BCUT2D eigenvalue weighted by atomic mass is 16.1. The molecule has 1 N–H and O–H groups in total. The molecule has 0 bridgehead atoms. The number of nitrogens with one attached hydrogen (secondary N) is 1. The zero-order chi connectivity index (χ0) is 11.4. The summed E-state index contributed by atoms with van der Waals surface area (Å²) in [5.41, 5.74) is 4.41. The van der Waals surface area contributed by atoms with Gasteiger partial charge in [0, 0.05) is 12.0 Å². The molecule has 2 heterocycles. The van der Waals surface area contributed by atoms with Gasteiger partial charge >= 0.3 is 0 Å². The van der Waals surface area contributed by atoms with E-state index in [2.05, 4.69) is 21.2 Å². The van der Waals surface area contributed by atoms with Crippen molar-refractivity contribution in [1.29, 1.82) is 0 Å². The molecule has 0 spiro atoms. The first kappa shape index (κ1) is 8.69. The Balaban J connectivity index is 2.19. The Morgan fingerprint density at radius 1 is 1.29 bits per heavy atom. The van der Waals surface area contributed by atoms with Gasteiger partial charge in [-0.15, -0.1) is 10.2 Å². The summed E-state index contributed by atoms with van der Waals surface area (Å²) < 4.78 is 1.77. The molecule has 82 valence electrons. The fourth-order valence-corrected chi connectivity index (χ4v) is 2.44. The summed E-state index contributed by atoms with van der Waals surface area (Å²) in [7, 11) is 0. The van der Waals surface area contributed by atoms with Crippen LogP contribution in [0.3, 0.4) is 0 Å². The number of benzene rings is 1. The highest BCUT2D eigenvalue weighted by Gasteiger charge is 2.22. The molecular formula is C12H8N4O. The minimum atomic E-state index is -0.196. The van der Waals surface area contributed by atoms with Crippen molar-refractivity contribution < 1.29 is 0 Å². The predicted octanol–water partition coefficient (Wildman–Crippen LogP) is 0.989. The number of nitrogens with zero attached hydrogens (tertiary/aromatic N) is 3. The summed E-state index contributed by atoms with van der Waals surface area (Å²) in [6.07, 6.45) is 2.39. The lowest BCUT2D eigenvalue weighted by Crippen LogP contribution is -2.13. The maximum atomic E-state index is 11.8. The second-order valence-electron chi connectivity index (χ2n) is 4.13. The van der Waals surface area contributed by atoms with Crippen LogP contribution in [-0.2, 0) is 6.42 Å². The second-order valence-corrected chi connectivity index (χ2v) is 4.13. The summed E-state index contributed by atoms with van der Waals surface area (Å²) >= 11 is 0. The number of aromatic amines is 1. The average molecular weight is 224 g/mol. The van der Waals surface area contributed by atoms with Crippen molar-refractivity contribution in [3.63, 3.8) is 0 Å². The molecular weight excluding hydrogens is 216 g/mol. The first-order valence-electron chi connectivity index (χ1n) is 5.38. The Bertz CT molecular complexity index is 800. The predicted molar refractivity (Wildman–Crippen MR) is 61.8 cm³/mol. The molecule has 5 nitrogen and oxygen atoms in total. The van der Waals surface area contributed by atoms with Gasteiger partial charge in [0.2, 0.25) is 5.65 Å². The van der Waals surface area contributed by atoms with E-state index in [1.807, 2.05) is 18.2 Å². The fraction of sp³-hybridized carbons (Fsp3) is 0.0833. The number of hydrogen-bond donors (Lipinski definition) is 1. The quantitative estimate of drug-likeness (QED) is 0.484. The van der Waals surface area contributed by atoms with Gasteiger partial charge < -0.3 is 4.98 Å². The van der Waals surface area contributed by atoms with Gasteiger partial charge in [-0.2, -0.15) is 0 Å². The van der Waals surface area contributed by atoms with Crippen LogP contribution in [0, 0.1) is 0 Å².